The van der Waals surface area contributed by atoms with Crippen molar-refractivity contribution in [3.05, 3.63) is 72.6 Å². The van der Waals surface area contributed by atoms with Crippen molar-refractivity contribution in [1.29, 1.82) is 0 Å². The van der Waals surface area contributed by atoms with E-state index in [1.807, 2.05) is 61.5 Å². The maximum absolute atomic E-state index is 6.02. The number of nitrogens with zero attached hydrogens (tertiary/aromatic N) is 5. The average Bonchev–Trinajstić information content (AvgIpc) is 3.05. The molecule has 0 radical (unpaired) electrons. The summed E-state index contributed by atoms with van der Waals surface area (Å²) in [5.74, 6) is 1.78. The summed E-state index contributed by atoms with van der Waals surface area (Å²) in [6.45, 7) is 2.03. The Hall–Kier alpha value is -3.94. The summed E-state index contributed by atoms with van der Waals surface area (Å²) < 4.78 is 1.47. The van der Waals surface area contributed by atoms with E-state index in [-0.39, 0.29) is 5.95 Å². The predicted molar refractivity (Wildman–Crippen MR) is 106 cm³/mol. The number of nitrogens with one attached hydrogen (secondary N) is 2. The minimum absolute atomic E-state index is 0.231. The van der Waals surface area contributed by atoms with Crippen LogP contribution in [0, 0.1) is 6.92 Å². The van der Waals surface area contributed by atoms with Crippen molar-refractivity contribution in [3.63, 3.8) is 0 Å². The summed E-state index contributed by atoms with van der Waals surface area (Å²) in [6, 6.07) is 19.4. The Labute approximate surface area is 156 Å². The topological polar surface area (TPSA) is 107 Å². The molecule has 0 saturated carbocycles. The second-order valence-corrected chi connectivity index (χ2v) is 5.95. The monoisotopic (exact) mass is 358 g/mol. The van der Waals surface area contributed by atoms with Gasteiger partial charge in [0.15, 0.2) is 5.82 Å². The van der Waals surface area contributed by atoms with Gasteiger partial charge in [-0.1, -0.05) is 35.9 Å². The minimum atomic E-state index is 0.231. The Morgan fingerprint density at radius 1 is 0.889 bits per heavy atom. The fraction of sp³-hybridized carbons (Fsp3) is 0.0526. The quantitative estimate of drug-likeness (QED) is 0.502. The number of nitrogen functional groups attached to an aromatic ring is 1. The highest BCUT2D eigenvalue weighted by Gasteiger charge is 2.11. The van der Waals surface area contributed by atoms with Gasteiger partial charge in [0.2, 0.25) is 11.9 Å². The Morgan fingerprint density at radius 3 is 2.41 bits per heavy atom. The molecule has 0 atom stereocenters. The first-order chi connectivity index (χ1) is 13.2. The van der Waals surface area contributed by atoms with Gasteiger partial charge < -0.3 is 16.4 Å². The second-order valence-electron chi connectivity index (χ2n) is 5.95. The Balaban J connectivity index is 1.57. The van der Waals surface area contributed by atoms with Crippen LogP contribution in [-0.2, 0) is 0 Å². The summed E-state index contributed by atoms with van der Waals surface area (Å²) in [7, 11) is 0. The van der Waals surface area contributed by atoms with E-state index < -0.39 is 0 Å². The van der Waals surface area contributed by atoms with Crippen LogP contribution in [0.25, 0.3) is 5.82 Å². The van der Waals surface area contributed by atoms with Crippen molar-refractivity contribution in [2.75, 3.05) is 16.4 Å². The molecule has 8 heteroatoms. The SMILES string of the molecule is Cc1ccc(Nc2nc(N)n(-c3cc(Nc4ccccc4)ncn3)n2)cc1. The number of aromatic nitrogens is 5. The summed E-state index contributed by atoms with van der Waals surface area (Å²) in [6.07, 6.45) is 1.45. The standard InChI is InChI=1S/C19H18N8/c1-13-7-9-15(10-8-13)24-19-25-18(20)27(26-19)17-11-16(21-12-22-17)23-14-5-3-2-4-6-14/h2-12H,1H3,(H,21,22,23)(H3,20,24,25,26). The van der Waals surface area contributed by atoms with Crippen molar-refractivity contribution in [1.82, 2.24) is 24.7 Å². The molecule has 0 spiro atoms. The summed E-state index contributed by atoms with van der Waals surface area (Å²) in [4.78, 5) is 12.7. The molecule has 4 rings (SSSR count). The molecule has 0 saturated heterocycles. The van der Waals surface area contributed by atoms with Crippen molar-refractivity contribution in [3.8, 4) is 5.82 Å². The van der Waals surface area contributed by atoms with E-state index >= 15 is 0 Å². The highest BCUT2D eigenvalue weighted by Crippen LogP contribution is 2.19. The Kier molecular flexibility index (Phi) is 4.36. The number of hydrogen-bond acceptors (Lipinski definition) is 7. The zero-order chi connectivity index (χ0) is 18.6. The maximum Gasteiger partial charge on any atom is 0.248 e. The molecule has 0 unspecified atom stereocenters. The Bertz CT molecular complexity index is 1040. The lowest BCUT2D eigenvalue weighted by Gasteiger charge is -2.07. The van der Waals surface area contributed by atoms with Crippen LogP contribution in [0.1, 0.15) is 5.56 Å². The van der Waals surface area contributed by atoms with E-state index in [2.05, 4.69) is 30.7 Å². The molecule has 0 aliphatic rings. The normalized spacial score (nSPS) is 10.6. The molecule has 0 aliphatic carbocycles. The number of aryl methyl sites for hydroxylation is 1. The third-order valence-corrected chi connectivity index (χ3v) is 3.86. The molecule has 0 bridgehead atoms. The fourth-order valence-corrected chi connectivity index (χ4v) is 2.51. The summed E-state index contributed by atoms with van der Waals surface area (Å²) in [5, 5.41) is 10.7. The van der Waals surface area contributed by atoms with Gasteiger partial charge in [0, 0.05) is 17.4 Å². The molecule has 4 N–H and O–H groups in total. The molecule has 0 aliphatic heterocycles. The maximum atomic E-state index is 6.02. The van der Waals surface area contributed by atoms with E-state index in [0.29, 0.717) is 17.6 Å². The third kappa shape index (κ3) is 3.84. The van der Waals surface area contributed by atoms with Gasteiger partial charge in [-0.15, -0.1) is 5.10 Å². The van der Waals surface area contributed by atoms with Crippen LogP contribution >= 0.6 is 0 Å². The lowest BCUT2D eigenvalue weighted by Crippen LogP contribution is -2.06. The largest absolute Gasteiger partial charge is 0.368 e. The van der Waals surface area contributed by atoms with Crippen molar-refractivity contribution >= 4 is 29.1 Å². The molecule has 134 valence electrons. The third-order valence-electron chi connectivity index (χ3n) is 3.86. The molecule has 2 heterocycles. The van der Waals surface area contributed by atoms with E-state index in [0.717, 1.165) is 11.4 Å². The van der Waals surface area contributed by atoms with Gasteiger partial charge >= 0.3 is 0 Å². The number of nitrogens with two attached hydrogens (primary N) is 1. The summed E-state index contributed by atoms with van der Waals surface area (Å²) in [5.41, 5.74) is 9.01. The minimum Gasteiger partial charge on any atom is -0.368 e. The molecule has 0 amide bonds. The molecule has 27 heavy (non-hydrogen) atoms. The van der Waals surface area contributed by atoms with Crippen LogP contribution in [0.4, 0.5) is 29.1 Å². The van der Waals surface area contributed by atoms with Crippen LogP contribution in [-0.4, -0.2) is 24.7 Å². The van der Waals surface area contributed by atoms with E-state index in [4.69, 9.17) is 5.73 Å². The zero-order valence-electron chi connectivity index (χ0n) is 14.7. The fourth-order valence-electron chi connectivity index (χ4n) is 2.51. The first-order valence-electron chi connectivity index (χ1n) is 8.38. The predicted octanol–water partition coefficient (Wildman–Crippen LogP) is 3.44. The first kappa shape index (κ1) is 16.5. The smallest absolute Gasteiger partial charge is 0.248 e. The lowest BCUT2D eigenvalue weighted by atomic mass is 10.2. The molecule has 4 aromatic rings. The molecule has 8 nitrogen and oxygen atoms in total. The van der Waals surface area contributed by atoms with Gasteiger partial charge in [-0.2, -0.15) is 9.67 Å². The van der Waals surface area contributed by atoms with Gasteiger partial charge in [-0.05, 0) is 31.2 Å². The van der Waals surface area contributed by atoms with Gasteiger partial charge in [-0.25, -0.2) is 9.97 Å². The second kappa shape index (κ2) is 7.12. The Morgan fingerprint density at radius 2 is 1.63 bits per heavy atom. The van der Waals surface area contributed by atoms with Gasteiger partial charge in [0.25, 0.3) is 0 Å². The van der Waals surface area contributed by atoms with Crippen LogP contribution < -0.4 is 16.4 Å². The van der Waals surface area contributed by atoms with Gasteiger partial charge in [0.1, 0.15) is 12.1 Å². The highest BCUT2D eigenvalue weighted by molar-refractivity contribution is 5.58. The number of rotatable bonds is 5. The lowest BCUT2D eigenvalue weighted by molar-refractivity contribution is 0.852. The molecular formula is C19H18N8. The van der Waals surface area contributed by atoms with Crippen LogP contribution in [0.15, 0.2) is 67.0 Å². The van der Waals surface area contributed by atoms with Crippen molar-refractivity contribution < 1.29 is 0 Å². The van der Waals surface area contributed by atoms with E-state index in [1.54, 1.807) is 6.07 Å². The summed E-state index contributed by atoms with van der Waals surface area (Å²) >= 11 is 0. The first-order valence-corrected chi connectivity index (χ1v) is 8.38. The van der Waals surface area contributed by atoms with Crippen LogP contribution in [0.3, 0.4) is 0 Å². The molecule has 2 aromatic carbocycles. The number of benzene rings is 2. The highest BCUT2D eigenvalue weighted by atomic mass is 15.4. The number of hydrogen-bond donors (Lipinski definition) is 3. The van der Waals surface area contributed by atoms with Gasteiger partial charge in [-0.3, -0.25) is 0 Å². The molecule has 0 fully saturated rings. The molecule has 2 aromatic heterocycles. The van der Waals surface area contributed by atoms with Crippen molar-refractivity contribution in [2.45, 2.75) is 6.92 Å². The molecular weight excluding hydrogens is 340 g/mol. The van der Waals surface area contributed by atoms with E-state index in [9.17, 15) is 0 Å². The zero-order valence-corrected chi connectivity index (χ0v) is 14.7. The van der Waals surface area contributed by atoms with E-state index in [1.165, 1.54) is 16.6 Å². The van der Waals surface area contributed by atoms with Crippen molar-refractivity contribution in [2.24, 2.45) is 0 Å². The van der Waals surface area contributed by atoms with Gasteiger partial charge in [0.05, 0.1) is 0 Å². The number of anilines is 5. The van der Waals surface area contributed by atoms with Crippen LogP contribution in [0.5, 0.6) is 0 Å². The average molecular weight is 358 g/mol. The number of para-hydroxylation sites is 1. The van der Waals surface area contributed by atoms with Crippen LogP contribution in [0.2, 0.25) is 0 Å².